The molecule has 0 N–H and O–H groups in total. The molecule has 52 heavy (non-hydrogen) atoms. The number of hydrogen-bond donors (Lipinski definition) is 0. The lowest BCUT2D eigenvalue weighted by molar-refractivity contribution is 0.660. The van der Waals surface area contributed by atoms with Gasteiger partial charge in [-0.05, 0) is 99.4 Å². The summed E-state index contributed by atoms with van der Waals surface area (Å²) >= 11 is 0. The van der Waals surface area contributed by atoms with Crippen LogP contribution in [0.25, 0.3) is 76.9 Å². The van der Waals surface area contributed by atoms with Crippen LogP contribution in [0.1, 0.15) is 25.0 Å². The summed E-state index contributed by atoms with van der Waals surface area (Å²) in [6, 6.07) is 58.8. The van der Waals surface area contributed by atoms with Crippen molar-refractivity contribution in [2.45, 2.75) is 19.3 Å². The van der Waals surface area contributed by atoms with Gasteiger partial charge in [-0.1, -0.05) is 111 Å². The molecule has 11 rings (SSSR count). The van der Waals surface area contributed by atoms with Gasteiger partial charge in [0.1, 0.15) is 22.3 Å². The van der Waals surface area contributed by atoms with E-state index in [-0.39, 0.29) is 5.41 Å². The number of rotatable bonds is 4. The van der Waals surface area contributed by atoms with Gasteiger partial charge in [-0.3, -0.25) is 0 Å². The third kappa shape index (κ3) is 4.20. The number of benzene rings is 8. The second kappa shape index (κ2) is 10.7. The summed E-state index contributed by atoms with van der Waals surface area (Å²) in [4.78, 5) is 2.35. The minimum absolute atomic E-state index is 0.109. The van der Waals surface area contributed by atoms with E-state index in [0.29, 0.717) is 0 Å². The lowest BCUT2D eigenvalue weighted by Crippen LogP contribution is -2.16. The number of furan rings is 2. The van der Waals surface area contributed by atoms with E-state index < -0.39 is 0 Å². The molecule has 0 aliphatic heterocycles. The van der Waals surface area contributed by atoms with Crippen LogP contribution < -0.4 is 4.90 Å². The minimum atomic E-state index is -0.109. The largest absolute Gasteiger partial charge is 0.456 e. The number of fused-ring (bicyclic) bond motifs is 11. The maximum Gasteiger partial charge on any atom is 0.143 e. The quantitative estimate of drug-likeness (QED) is 0.187. The highest BCUT2D eigenvalue weighted by molar-refractivity contribution is 6.15. The molecule has 246 valence electrons. The Hall–Kier alpha value is -6.58. The molecule has 0 saturated carbocycles. The zero-order valence-corrected chi connectivity index (χ0v) is 28.9. The predicted molar refractivity (Wildman–Crippen MR) is 216 cm³/mol. The summed E-state index contributed by atoms with van der Waals surface area (Å²) in [7, 11) is 0. The van der Waals surface area contributed by atoms with Gasteiger partial charge in [-0.2, -0.15) is 0 Å². The molecule has 0 radical (unpaired) electrons. The molecule has 3 heteroatoms. The Balaban J connectivity index is 1.04. The first kappa shape index (κ1) is 29.2. The topological polar surface area (TPSA) is 29.5 Å². The van der Waals surface area contributed by atoms with Crippen LogP contribution in [0.15, 0.2) is 173 Å². The summed E-state index contributed by atoms with van der Waals surface area (Å²) in [5.41, 5.74) is 14.4. The summed E-state index contributed by atoms with van der Waals surface area (Å²) in [5.74, 6) is 0. The van der Waals surface area contributed by atoms with E-state index >= 15 is 0 Å². The van der Waals surface area contributed by atoms with E-state index in [9.17, 15) is 0 Å². The first-order valence-corrected chi connectivity index (χ1v) is 17.9. The van der Waals surface area contributed by atoms with E-state index in [1.807, 2.05) is 12.1 Å². The van der Waals surface area contributed by atoms with E-state index in [0.717, 1.165) is 77.5 Å². The van der Waals surface area contributed by atoms with Crippen molar-refractivity contribution in [3.05, 3.63) is 175 Å². The highest BCUT2D eigenvalue weighted by atomic mass is 16.3. The van der Waals surface area contributed by atoms with Gasteiger partial charge in [0.15, 0.2) is 0 Å². The van der Waals surface area contributed by atoms with Crippen LogP contribution in [-0.2, 0) is 5.41 Å². The van der Waals surface area contributed by atoms with Gasteiger partial charge >= 0.3 is 0 Å². The van der Waals surface area contributed by atoms with E-state index in [4.69, 9.17) is 8.83 Å². The summed E-state index contributed by atoms with van der Waals surface area (Å²) in [6.07, 6.45) is 0. The molecule has 8 aromatic carbocycles. The van der Waals surface area contributed by atoms with Crippen molar-refractivity contribution in [2.75, 3.05) is 4.90 Å². The second-order valence-electron chi connectivity index (χ2n) is 14.5. The maximum absolute atomic E-state index is 6.41. The fourth-order valence-corrected chi connectivity index (χ4v) is 8.62. The monoisotopic (exact) mass is 667 g/mol. The van der Waals surface area contributed by atoms with Gasteiger partial charge in [-0.15, -0.1) is 0 Å². The van der Waals surface area contributed by atoms with Crippen molar-refractivity contribution >= 4 is 71.7 Å². The first-order chi connectivity index (χ1) is 25.5. The Morgan fingerprint density at radius 3 is 1.96 bits per heavy atom. The predicted octanol–water partition coefficient (Wildman–Crippen LogP) is 14.1. The van der Waals surface area contributed by atoms with Crippen molar-refractivity contribution in [1.82, 2.24) is 0 Å². The summed E-state index contributed by atoms with van der Waals surface area (Å²) in [6.45, 7) is 4.67. The Labute approximate surface area is 301 Å². The highest BCUT2D eigenvalue weighted by Gasteiger charge is 2.35. The van der Waals surface area contributed by atoms with Crippen LogP contribution in [0.3, 0.4) is 0 Å². The lowest BCUT2D eigenvalue weighted by Gasteiger charge is -2.28. The third-order valence-corrected chi connectivity index (χ3v) is 11.3. The Bertz CT molecular complexity index is 3050. The lowest BCUT2D eigenvalue weighted by atomic mass is 9.82. The number of anilines is 3. The Morgan fingerprint density at radius 1 is 0.404 bits per heavy atom. The van der Waals surface area contributed by atoms with Crippen molar-refractivity contribution in [2.24, 2.45) is 0 Å². The standard InChI is InChI=1S/C49H33NO2/c1-49(2)43-13-7-5-11-37(43)38-24-21-34(28-44(38)49)50(35-22-25-40-39-12-6-8-14-45(39)51-47(40)29-35)33-19-15-30(16-20-33)32-18-26-46-42(27-32)41-23-17-31-9-3-4-10-36(31)48(41)52-46/h3-29H,1-2H3. The Morgan fingerprint density at radius 2 is 1.06 bits per heavy atom. The van der Waals surface area contributed by atoms with Crippen LogP contribution in [0, 0.1) is 0 Å². The molecule has 0 saturated heterocycles. The fourth-order valence-electron chi connectivity index (χ4n) is 8.62. The van der Waals surface area contributed by atoms with E-state index in [1.54, 1.807) is 0 Å². The zero-order chi connectivity index (χ0) is 34.6. The molecule has 10 aromatic rings. The first-order valence-electron chi connectivity index (χ1n) is 17.9. The molecule has 2 heterocycles. The highest BCUT2D eigenvalue weighted by Crippen LogP contribution is 2.51. The molecular formula is C49H33NO2. The number of hydrogen-bond acceptors (Lipinski definition) is 3. The Kier molecular flexibility index (Phi) is 6.01. The molecular weight excluding hydrogens is 635 g/mol. The van der Waals surface area contributed by atoms with Crippen molar-refractivity contribution < 1.29 is 8.83 Å². The molecule has 0 amide bonds. The molecule has 3 nitrogen and oxygen atoms in total. The minimum Gasteiger partial charge on any atom is -0.456 e. The summed E-state index contributed by atoms with van der Waals surface area (Å²) in [5, 5.41) is 6.85. The molecule has 1 aliphatic carbocycles. The van der Waals surface area contributed by atoms with Crippen LogP contribution in [-0.4, -0.2) is 0 Å². The van der Waals surface area contributed by atoms with Gasteiger partial charge in [-0.25, -0.2) is 0 Å². The zero-order valence-electron chi connectivity index (χ0n) is 28.9. The fraction of sp³-hybridized carbons (Fsp3) is 0.0612. The smallest absolute Gasteiger partial charge is 0.143 e. The van der Waals surface area contributed by atoms with Gasteiger partial charge in [0.25, 0.3) is 0 Å². The number of para-hydroxylation sites is 1. The molecule has 0 bridgehead atoms. The SMILES string of the molecule is CC1(C)c2ccccc2-c2ccc(N(c3ccc(-c4ccc5oc6c7ccccc7ccc6c5c4)cc3)c3ccc4c(c3)oc3ccccc34)cc21. The van der Waals surface area contributed by atoms with Gasteiger partial charge in [0, 0.05) is 55.5 Å². The van der Waals surface area contributed by atoms with Crippen LogP contribution in [0.5, 0.6) is 0 Å². The molecule has 0 spiro atoms. The van der Waals surface area contributed by atoms with Crippen LogP contribution in [0.2, 0.25) is 0 Å². The third-order valence-electron chi connectivity index (χ3n) is 11.3. The van der Waals surface area contributed by atoms with Crippen LogP contribution in [0.4, 0.5) is 17.1 Å². The van der Waals surface area contributed by atoms with Gasteiger partial charge in [0.05, 0.1) is 0 Å². The van der Waals surface area contributed by atoms with E-state index in [2.05, 4.69) is 170 Å². The molecule has 2 aromatic heterocycles. The van der Waals surface area contributed by atoms with Gasteiger partial charge < -0.3 is 13.7 Å². The molecule has 0 atom stereocenters. The number of nitrogens with zero attached hydrogens (tertiary/aromatic N) is 1. The average molecular weight is 668 g/mol. The molecule has 0 unspecified atom stereocenters. The van der Waals surface area contributed by atoms with E-state index in [1.165, 1.54) is 27.6 Å². The van der Waals surface area contributed by atoms with Crippen molar-refractivity contribution in [3.63, 3.8) is 0 Å². The second-order valence-corrected chi connectivity index (χ2v) is 14.5. The average Bonchev–Trinajstić information content (AvgIpc) is 3.82. The van der Waals surface area contributed by atoms with Crippen molar-refractivity contribution in [3.8, 4) is 22.3 Å². The van der Waals surface area contributed by atoms with Crippen molar-refractivity contribution in [1.29, 1.82) is 0 Å². The maximum atomic E-state index is 6.41. The molecule has 1 aliphatic rings. The molecule has 0 fully saturated rings. The normalized spacial score (nSPS) is 13.3. The van der Waals surface area contributed by atoms with Crippen LogP contribution >= 0.6 is 0 Å². The van der Waals surface area contributed by atoms with Gasteiger partial charge in [0.2, 0.25) is 0 Å². The summed E-state index contributed by atoms with van der Waals surface area (Å²) < 4.78 is 12.8.